The van der Waals surface area contributed by atoms with Gasteiger partial charge < -0.3 is 9.88 Å². The number of hydrogen-bond acceptors (Lipinski definition) is 3. The van der Waals surface area contributed by atoms with Gasteiger partial charge in [-0.1, -0.05) is 24.3 Å². The normalized spacial score (nSPS) is 11.2. The Labute approximate surface area is 149 Å². The minimum absolute atomic E-state index is 0.181. The largest absolute Gasteiger partial charge is 0.324 e. The number of rotatable bonds is 2. The first-order chi connectivity index (χ1) is 12.5. The highest BCUT2D eigenvalue weighted by Crippen LogP contribution is 2.18. The number of para-hydroxylation sites is 1. The van der Waals surface area contributed by atoms with Crippen LogP contribution in [-0.2, 0) is 7.05 Å². The van der Waals surface area contributed by atoms with Gasteiger partial charge in [-0.05, 0) is 43.2 Å². The van der Waals surface area contributed by atoms with E-state index in [2.05, 4.69) is 10.3 Å². The van der Waals surface area contributed by atoms with Gasteiger partial charge in [0.25, 0.3) is 11.5 Å². The molecule has 4 aromatic rings. The van der Waals surface area contributed by atoms with Crippen LogP contribution < -0.4 is 10.9 Å². The van der Waals surface area contributed by atoms with Crippen LogP contribution in [0.4, 0.5) is 5.69 Å². The number of amides is 1. The molecule has 0 unspecified atom stereocenters. The summed E-state index contributed by atoms with van der Waals surface area (Å²) in [6.45, 7) is 3.85. The van der Waals surface area contributed by atoms with Crippen molar-refractivity contribution in [2.45, 2.75) is 13.8 Å². The zero-order chi connectivity index (χ0) is 18.4. The van der Waals surface area contributed by atoms with Gasteiger partial charge in [0.1, 0.15) is 17.0 Å². The van der Waals surface area contributed by atoms with Crippen LogP contribution in [0.2, 0.25) is 0 Å². The van der Waals surface area contributed by atoms with Gasteiger partial charge in [-0.25, -0.2) is 4.98 Å². The lowest BCUT2D eigenvalue weighted by Crippen LogP contribution is -2.16. The van der Waals surface area contributed by atoms with E-state index in [9.17, 15) is 9.59 Å². The molecule has 6 heteroatoms. The third kappa shape index (κ3) is 2.47. The fraction of sp³-hybridized carbons (Fsp3) is 0.150. The Morgan fingerprint density at radius 2 is 1.88 bits per heavy atom. The molecule has 0 spiro atoms. The van der Waals surface area contributed by atoms with Gasteiger partial charge in [-0.15, -0.1) is 0 Å². The van der Waals surface area contributed by atoms with Crippen molar-refractivity contribution in [3.8, 4) is 0 Å². The van der Waals surface area contributed by atoms with Crippen molar-refractivity contribution in [3.05, 3.63) is 75.8 Å². The van der Waals surface area contributed by atoms with E-state index < -0.39 is 0 Å². The molecule has 0 aliphatic carbocycles. The molecule has 1 amide bonds. The van der Waals surface area contributed by atoms with Gasteiger partial charge in [-0.2, -0.15) is 0 Å². The number of pyridine rings is 1. The highest BCUT2D eigenvalue weighted by atomic mass is 16.2. The fourth-order valence-corrected chi connectivity index (χ4v) is 3.09. The third-order valence-corrected chi connectivity index (χ3v) is 4.57. The van der Waals surface area contributed by atoms with Crippen LogP contribution in [0.1, 0.15) is 21.6 Å². The standard InChI is InChI=1S/C20H18N4O2/c1-12-8-9-17-22-18-14(20(26)24(17)11-12)10-16(23(18)3)19(25)21-15-7-5-4-6-13(15)2/h4-11H,1-3H3,(H,21,25). The molecule has 0 radical (unpaired) electrons. The van der Waals surface area contributed by atoms with E-state index in [-0.39, 0.29) is 11.5 Å². The van der Waals surface area contributed by atoms with Crippen molar-refractivity contribution in [1.82, 2.24) is 14.0 Å². The van der Waals surface area contributed by atoms with Gasteiger partial charge in [0.2, 0.25) is 0 Å². The zero-order valence-corrected chi connectivity index (χ0v) is 14.8. The van der Waals surface area contributed by atoms with Crippen molar-refractivity contribution >= 4 is 28.3 Å². The predicted octanol–water partition coefficient (Wildman–Crippen LogP) is 3.06. The number of nitrogens with zero attached hydrogens (tertiary/aromatic N) is 3. The second-order valence-electron chi connectivity index (χ2n) is 6.45. The molecule has 0 atom stereocenters. The molecule has 0 aliphatic rings. The van der Waals surface area contributed by atoms with Crippen LogP contribution in [0.3, 0.4) is 0 Å². The highest BCUT2D eigenvalue weighted by Gasteiger charge is 2.18. The number of benzene rings is 1. The molecule has 6 nitrogen and oxygen atoms in total. The molecule has 0 saturated heterocycles. The van der Waals surface area contributed by atoms with Gasteiger partial charge in [-0.3, -0.25) is 14.0 Å². The molecule has 0 bridgehead atoms. The maximum Gasteiger partial charge on any atom is 0.272 e. The molecule has 26 heavy (non-hydrogen) atoms. The minimum atomic E-state index is -0.274. The summed E-state index contributed by atoms with van der Waals surface area (Å²) >= 11 is 0. The van der Waals surface area contributed by atoms with E-state index in [1.165, 1.54) is 4.40 Å². The fourth-order valence-electron chi connectivity index (χ4n) is 3.09. The number of anilines is 1. The van der Waals surface area contributed by atoms with Crippen molar-refractivity contribution < 1.29 is 4.79 Å². The summed E-state index contributed by atoms with van der Waals surface area (Å²) in [6.07, 6.45) is 1.75. The number of aromatic nitrogens is 3. The Bertz CT molecular complexity index is 1230. The van der Waals surface area contributed by atoms with E-state index in [1.807, 2.05) is 44.2 Å². The lowest BCUT2D eigenvalue weighted by molar-refractivity contribution is 0.101. The molecule has 0 fully saturated rings. The van der Waals surface area contributed by atoms with Gasteiger partial charge in [0.15, 0.2) is 0 Å². The summed E-state index contributed by atoms with van der Waals surface area (Å²) < 4.78 is 3.17. The molecule has 3 aromatic heterocycles. The molecule has 1 aromatic carbocycles. The van der Waals surface area contributed by atoms with Crippen LogP contribution in [0, 0.1) is 13.8 Å². The number of aryl methyl sites for hydroxylation is 3. The number of carbonyl (C=O) groups excluding carboxylic acids is 1. The van der Waals surface area contributed by atoms with E-state index in [0.717, 1.165) is 16.8 Å². The van der Waals surface area contributed by atoms with Crippen LogP contribution in [0.5, 0.6) is 0 Å². The van der Waals surface area contributed by atoms with Crippen molar-refractivity contribution in [2.24, 2.45) is 7.05 Å². The van der Waals surface area contributed by atoms with Gasteiger partial charge in [0.05, 0.1) is 5.39 Å². The predicted molar refractivity (Wildman–Crippen MR) is 102 cm³/mol. The van der Waals surface area contributed by atoms with Crippen LogP contribution in [0.15, 0.2) is 53.5 Å². The third-order valence-electron chi connectivity index (χ3n) is 4.57. The smallest absolute Gasteiger partial charge is 0.272 e. The van der Waals surface area contributed by atoms with Gasteiger partial charge in [0, 0.05) is 18.9 Å². The summed E-state index contributed by atoms with van der Waals surface area (Å²) in [4.78, 5) is 30.1. The SMILES string of the molecule is Cc1ccc2nc3c(cc(C(=O)Nc4ccccc4C)n3C)c(=O)n2c1. The number of carbonyl (C=O) groups is 1. The summed E-state index contributed by atoms with van der Waals surface area (Å²) in [6, 6.07) is 12.9. The Morgan fingerprint density at radius 1 is 1.12 bits per heavy atom. The Balaban J connectivity index is 1.86. The van der Waals surface area contributed by atoms with Crippen molar-refractivity contribution in [3.63, 3.8) is 0 Å². The summed E-state index contributed by atoms with van der Waals surface area (Å²) in [5, 5.41) is 3.32. The van der Waals surface area contributed by atoms with Crippen molar-refractivity contribution in [1.29, 1.82) is 0 Å². The molecular weight excluding hydrogens is 328 g/mol. The monoisotopic (exact) mass is 346 g/mol. The second kappa shape index (κ2) is 5.84. The molecule has 1 N–H and O–H groups in total. The molecule has 4 rings (SSSR count). The average molecular weight is 346 g/mol. The number of nitrogens with one attached hydrogen (secondary N) is 1. The topological polar surface area (TPSA) is 68.4 Å². The molecule has 130 valence electrons. The second-order valence-corrected chi connectivity index (χ2v) is 6.45. The molecule has 3 heterocycles. The van der Waals surface area contributed by atoms with Crippen LogP contribution >= 0.6 is 0 Å². The van der Waals surface area contributed by atoms with Crippen LogP contribution in [0.25, 0.3) is 16.7 Å². The minimum Gasteiger partial charge on any atom is -0.324 e. The highest BCUT2D eigenvalue weighted by molar-refractivity contribution is 6.06. The molecule has 0 saturated carbocycles. The first-order valence-corrected chi connectivity index (χ1v) is 8.31. The van der Waals surface area contributed by atoms with E-state index in [4.69, 9.17) is 0 Å². The zero-order valence-electron chi connectivity index (χ0n) is 14.8. The lowest BCUT2D eigenvalue weighted by Gasteiger charge is -2.08. The quantitative estimate of drug-likeness (QED) is 0.606. The first kappa shape index (κ1) is 16.1. The Hall–Kier alpha value is -3.41. The Kier molecular flexibility index (Phi) is 3.61. The summed E-state index contributed by atoms with van der Waals surface area (Å²) in [5.41, 5.74) is 3.94. The van der Waals surface area contributed by atoms with Crippen LogP contribution in [-0.4, -0.2) is 19.9 Å². The first-order valence-electron chi connectivity index (χ1n) is 8.31. The Morgan fingerprint density at radius 3 is 2.65 bits per heavy atom. The summed E-state index contributed by atoms with van der Waals surface area (Å²) in [5.74, 6) is -0.274. The number of fused-ring (bicyclic) bond motifs is 2. The van der Waals surface area contributed by atoms with Gasteiger partial charge >= 0.3 is 0 Å². The van der Waals surface area contributed by atoms with E-state index in [0.29, 0.717) is 22.4 Å². The summed E-state index contributed by atoms with van der Waals surface area (Å²) in [7, 11) is 1.74. The number of hydrogen-bond donors (Lipinski definition) is 1. The average Bonchev–Trinajstić information content (AvgIpc) is 2.95. The molecule has 0 aliphatic heterocycles. The maximum absolute atomic E-state index is 12.8. The van der Waals surface area contributed by atoms with E-state index in [1.54, 1.807) is 29.9 Å². The molecular formula is C20H18N4O2. The lowest BCUT2D eigenvalue weighted by atomic mass is 10.2. The van der Waals surface area contributed by atoms with Crippen molar-refractivity contribution in [2.75, 3.05) is 5.32 Å². The maximum atomic E-state index is 12.8. The van der Waals surface area contributed by atoms with E-state index >= 15 is 0 Å².